The molecule has 4 atom stereocenters. The van der Waals surface area contributed by atoms with Crippen molar-refractivity contribution in [3.8, 4) is 0 Å². The van der Waals surface area contributed by atoms with Gasteiger partial charge in [0.25, 0.3) is 0 Å². The normalized spacial score (nSPS) is 29.2. The Hall–Kier alpha value is -0.0800. The van der Waals surface area contributed by atoms with Crippen molar-refractivity contribution in [3.05, 3.63) is 0 Å². The molecule has 96 valence electrons. The van der Waals surface area contributed by atoms with Crippen molar-refractivity contribution in [2.45, 2.75) is 78.0 Å². The van der Waals surface area contributed by atoms with E-state index in [1.54, 1.807) is 0 Å². The lowest BCUT2D eigenvalue weighted by Gasteiger charge is -2.30. The highest BCUT2D eigenvalue weighted by atomic mass is 16.3. The van der Waals surface area contributed by atoms with Crippen LogP contribution in [0.15, 0.2) is 0 Å². The molecule has 1 rings (SSSR count). The molecule has 0 heterocycles. The third-order valence-corrected chi connectivity index (χ3v) is 4.01. The maximum absolute atomic E-state index is 9.88. The molecule has 2 nitrogen and oxygen atoms in total. The van der Waals surface area contributed by atoms with Crippen LogP contribution in [-0.2, 0) is 0 Å². The van der Waals surface area contributed by atoms with Crippen LogP contribution in [0.1, 0.15) is 65.7 Å². The molecule has 2 heteroatoms. The number of hydrogen-bond donors (Lipinski definition) is 2. The zero-order valence-corrected chi connectivity index (χ0v) is 11.2. The van der Waals surface area contributed by atoms with Crippen molar-refractivity contribution in [2.75, 3.05) is 0 Å². The van der Waals surface area contributed by atoms with Crippen LogP contribution in [0.4, 0.5) is 0 Å². The second kappa shape index (κ2) is 7.29. The van der Waals surface area contributed by atoms with E-state index in [-0.39, 0.29) is 6.23 Å². The molecule has 0 amide bonds. The second-order valence-corrected chi connectivity index (χ2v) is 5.44. The Bertz CT molecular complexity index is 184. The van der Waals surface area contributed by atoms with Crippen molar-refractivity contribution < 1.29 is 5.11 Å². The predicted octanol–water partition coefficient (Wildman–Crippen LogP) is 3.30. The van der Waals surface area contributed by atoms with Gasteiger partial charge in [0, 0.05) is 6.04 Å². The Labute approximate surface area is 101 Å². The minimum atomic E-state index is -0.297. The molecule has 1 saturated carbocycles. The minimum Gasteiger partial charge on any atom is -0.379 e. The summed E-state index contributed by atoms with van der Waals surface area (Å²) in [7, 11) is 0. The Morgan fingerprint density at radius 1 is 1.19 bits per heavy atom. The Morgan fingerprint density at radius 3 is 2.38 bits per heavy atom. The summed E-state index contributed by atoms with van der Waals surface area (Å²) in [4.78, 5) is 0. The first-order chi connectivity index (χ1) is 7.69. The predicted molar refractivity (Wildman–Crippen MR) is 69.3 cm³/mol. The standard InChI is InChI=1S/C14H29NO/c1-4-7-13(15-14(16)8-5-2)12-10-6-9-11(12)3/h11-16H,4-10H2,1-3H3. The third-order valence-electron chi connectivity index (χ3n) is 4.01. The van der Waals surface area contributed by atoms with Gasteiger partial charge < -0.3 is 5.11 Å². The minimum absolute atomic E-state index is 0.297. The largest absolute Gasteiger partial charge is 0.379 e. The molecular formula is C14H29NO. The molecule has 1 aliphatic rings. The summed E-state index contributed by atoms with van der Waals surface area (Å²) >= 11 is 0. The highest BCUT2D eigenvalue weighted by Crippen LogP contribution is 2.35. The van der Waals surface area contributed by atoms with Gasteiger partial charge in [0.15, 0.2) is 0 Å². The number of hydrogen-bond acceptors (Lipinski definition) is 2. The maximum atomic E-state index is 9.88. The van der Waals surface area contributed by atoms with E-state index in [0.717, 1.165) is 24.7 Å². The van der Waals surface area contributed by atoms with Crippen molar-refractivity contribution in [1.82, 2.24) is 5.32 Å². The first-order valence-electron chi connectivity index (χ1n) is 7.13. The van der Waals surface area contributed by atoms with Gasteiger partial charge in [-0.15, -0.1) is 0 Å². The molecule has 4 unspecified atom stereocenters. The smallest absolute Gasteiger partial charge is 0.105 e. The Kier molecular flexibility index (Phi) is 6.37. The highest BCUT2D eigenvalue weighted by Gasteiger charge is 2.30. The van der Waals surface area contributed by atoms with Crippen LogP contribution in [0.2, 0.25) is 0 Å². The van der Waals surface area contributed by atoms with Crippen LogP contribution in [0.25, 0.3) is 0 Å². The Morgan fingerprint density at radius 2 is 1.88 bits per heavy atom. The van der Waals surface area contributed by atoms with Crippen LogP contribution in [0.5, 0.6) is 0 Å². The summed E-state index contributed by atoms with van der Waals surface area (Å²) in [5, 5.41) is 13.3. The SMILES string of the molecule is CCCC(O)NC(CCC)C1CCCC1C. The molecule has 0 saturated heterocycles. The van der Waals surface area contributed by atoms with Crippen molar-refractivity contribution in [1.29, 1.82) is 0 Å². The number of aliphatic hydroxyl groups is 1. The molecule has 1 fully saturated rings. The first-order valence-corrected chi connectivity index (χ1v) is 7.13. The summed E-state index contributed by atoms with van der Waals surface area (Å²) in [5.74, 6) is 1.62. The van der Waals surface area contributed by atoms with Gasteiger partial charge in [-0.1, -0.05) is 46.5 Å². The lowest BCUT2D eigenvalue weighted by atomic mass is 9.87. The van der Waals surface area contributed by atoms with E-state index in [0.29, 0.717) is 6.04 Å². The lowest BCUT2D eigenvalue weighted by molar-refractivity contribution is 0.0914. The van der Waals surface area contributed by atoms with Gasteiger partial charge in [0.05, 0.1) is 0 Å². The van der Waals surface area contributed by atoms with Gasteiger partial charge in [-0.25, -0.2) is 0 Å². The molecule has 0 radical (unpaired) electrons. The van der Waals surface area contributed by atoms with E-state index in [1.165, 1.54) is 32.1 Å². The van der Waals surface area contributed by atoms with Crippen LogP contribution in [0, 0.1) is 11.8 Å². The summed E-state index contributed by atoms with van der Waals surface area (Å²) < 4.78 is 0. The van der Waals surface area contributed by atoms with Crippen LogP contribution >= 0.6 is 0 Å². The molecule has 0 aromatic rings. The van der Waals surface area contributed by atoms with Crippen LogP contribution in [0.3, 0.4) is 0 Å². The molecule has 2 N–H and O–H groups in total. The topological polar surface area (TPSA) is 32.3 Å². The van der Waals surface area contributed by atoms with Crippen molar-refractivity contribution in [3.63, 3.8) is 0 Å². The monoisotopic (exact) mass is 227 g/mol. The van der Waals surface area contributed by atoms with E-state index in [4.69, 9.17) is 0 Å². The number of rotatable bonds is 7. The third kappa shape index (κ3) is 4.06. The van der Waals surface area contributed by atoms with Gasteiger partial charge in [-0.05, 0) is 31.1 Å². The van der Waals surface area contributed by atoms with E-state index < -0.39 is 0 Å². The molecule has 0 aliphatic heterocycles. The number of nitrogens with one attached hydrogen (secondary N) is 1. The average molecular weight is 227 g/mol. The molecule has 1 aliphatic carbocycles. The molecule has 0 bridgehead atoms. The fraction of sp³-hybridized carbons (Fsp3) is 1.00. The summed E-state index contributed by atoms with van der Waals surface area (Å²) in [6.45, 7) is 6.73. The van der Waals surface area contributed by atoms with Gasteiger partial charge in [0.1, 0.15) is 6.23 Å². The summed E-state index contributed by atoms with van der Waals surface area (Å²) in [6, 6.07) is 0.532. The van der Waals surface area contributed by atoms with Gasteiger partial charge in [-0.2, -0.15) is 0 Å². The van der Waals surface area contributed by atoms with Gasteiger partial charge in [0.2, 0.25) is 0 Å². The summed E-state index contributed by atoms with van der Waals surface area (Å²) in [5.41, 5.74) is 0. The van der Waals surface area contributed by atoms with Crippen molar-refractivity contribution >= 4 is 0 Å². The zero-order valence-electron chi connectivity index (χ0n) is 11.2. The first kappa shape index (κ1) is 14.0. The highest BCUT2D eigenvalue weighted by molar-refractivity contribution is 4.85. The molecule has 0 aromatic carbocycles. The van der Waals surface area contributed by atoms with Gasteiger partial charge >= 0.3 is 0 Å². The number of aliphatic hydroxyl groups excluding tert-OH is 1. The summed E-state index contributed by atoms with van der Waals surface area (Å²) in [6.07, 6.45) is 8.13. The fourth-order valence-electron chi connectivity index (χ4n) is 3.11. The zero-order chi connectivity index (χ0) is 12.0. The van der Waals surface area contributed by atoms with Crippen LogP contribution in [-0.4, -0.2) is 17.4 Å². The quantitative estimate of drug-likeness (QED) is 0.654. The average Bonchev–Trinajstić information content (AvgIpc) is 2.64. The molecule has 0 spiro atoms. The van der Waals surface area contributed by atoms with E-state index >= 15 is 0 Å². The lowest BCUT2D eigenvalue weighted by Crippen LogP contribution is -2.43. The molecular weight excluding hydrogens is 198 g/mol. The Balaban J connectivity index is 2.45. The maximum Gasteiger partial charge on any atom is 0.105 e. The second-order valence-electron chi connectivity index (χ2n) is 5.44. The van der Waals surface area contributed by atoms with Crippen molar-refractivity contribution in [2.24, 2.45) is 11.8 Å². The van der Waals surface area contributed by atoms with E-state index in [1.807, 2.05) is 0 Å². The van der Waals surface area contributed by atoms with Gasteiger partial charge in [-0.3, -0.25) is 5.32 Å². The van der Waals surface area contributed by atoms with Crippen LogP contribution < -0.4 is 5.32 Å². The van der Waals surface area contributed by atoms with E-state index in [9.17, 15) is 5.11 Å². The van der Waals surface area contributed by atoms with E-state index in [2.05, 4.69) is 26.1 Å². The molecule has 16 heavy (non-hydrogen) atoms. The fourth-order valence-corrected chi connectivity index (χ4v) is 3.11. The molecule has 0 aromatic heterocycles.